The van der Waals surface area contributed by atoms with Gasteiger partial charge in [-0.25, -0.2) is 0 Å². The normalized spacial score (nSPS) is 27.0. The van der Waals surface area contributed by atoms with Gasteiger partial charge in [0.1, 0.15) is 0 Å². The third kappa shape index (κ3) is 3.06. The van der Waals surface area contributed by atoms with Gasteiger partial charge in [-0.3, -0.25) is 4.79 Å². The first-order valence-corrected chi connectivity index (χ1v) is 5.80. The van der Waals surface area contributed by atoms with Crippen molar-refractivity contribution in [2.24, 2.45) is 0 Å². The van der Waals surface area contributed by atoms with Gasteiger partial charge in [-0.05, 0) is 20.3 Å². The first-order chi connectivity index (χ1) is 7.60. The van der Waals surface area contributed by atoms with Crippen LogP contribution in [-0.2, 0) is 9.53 Å². The number of rotatable bonds is 3. The van der Waals surface area contributed by atoms with Crippen LogP contribution in [-0.4, -0.2) is 47.8 Å². The molecular weight excluding hydrogens is 206 g/mol. The van der Waals surface area contributed by atoms with Crippen LogP contribution in [0.4, 0.5) is 0 Å². The van der Waals surface area contributed by atoms with Crippen LogP contribution in [0.15, 0.2) is 11.6 Å². The lowest BCUT2D eigenvalue weighted by Crippen LogP contribution is -2.52. The average molecular weight is 227 g/mol. The summed E-state index contributed by atoms with van der Waals surface area (Å²) in [4.78, 5) is 13.9. The predicted molar refractivity (Wildman–Crippen MR) is 62.0 cm³/mol. The Morgan fingerprint density at radius 2 is 2.31 bits per heavy atom. The maximum Gasteiger partial charge on any atom is 0.249 e. The zero-order chi connectivity index (χ0) is 12.1. The first-order valence-electron chi connectivity index (χ1n) is 5.80. The summed E-state index contributed by atoms with van der Waals surface area (Å²) in [6.45, 7) is 6.75. The van der Waals surface area contributed by atoms with Crippen molar-refractivity contribution in [1.29, 1.82) is 0 Å². The number of morpholine rings is 1. The molecule has 1 saturated heterocycles. The van der Waals surface area contributed by atoms with Gasteiger partial charge >= 0.3 is 0 Å². The van der Waals surface area contributed by atoms with Crippen LogP contribution in [0.5, 0.6) is 0 Å². The van der Waals surface area contributed by atoms with E-state index in [0.29, 0.717) is 13.2 Å². The molecular formula is C12H21NO3. The summed E-state index contributed by atoms with van der Waals surface area (Å²) < 4.78 is 5.40. The molecule has 0 aliphatic carbocycles. The summed E-state index contributed by atoms with van der Waals surface area (Å²) >= 11 is 0. The van der Waals surface area contributed by atoms with Gasteiger partial charge in [0, 0.05) is 12.1 Å². The number of aliphatic hydroxyl groups excluding tert-OH is 1. The fraction of sp³-hybridized carbons (Fsp3) is 0.750. The second-order valence-corrected chi connectivity index (χ2v) is 4.24. The summed E-state index contributed by atoms with van der Waals surface area (Å²) in [5, 5.41) is 9.04. The molecule has 92 valence electrons. The van der Waals surface area contributed by atoms with Crippen LogP contribution in [0.1, 0.15) is 27.2 Å². The Kier molecular flexibility index (Phi) is 4.96. The smallest absolute Gasteiger partial charge is 0.249 e. The van der Waals surface area contributed by atoms with Crippen molar-refractivity contribution in [3.05, 3.63) is 11.6 Å². The van der Waals surface area contributed by atoms with Crippen molar-refractivity contribution in [2.45, 2.75) is 39.3 Å². The van der Waals surface area contributed by atoms with E-state index in [1.807, 2.05) is 26.8 Å². The lowest BCUT2D eigenvalue weighted by Gasteiger charge is -2.37. The molecule has 4 heteroatoms. The molecule has 2 unspecified atom stereocenters. The van der Waals surface area contributed by atoms with Gasteiger partial charge in [0.15, 0.2) is 0 Å². The lowest BCUT2D eigenvalue weighted by molar-refractivity contribution is -0.142. The second kappa shape index (κ2) is 6.01. The molecule has 0 saturated carbocycles. The first kappa shape index (κ1) is 13.2. The molecule has 0 spiro atoms. The van der Waals surface area contributed by atoms with Crippen LogP contribution in [0.2, 0.25) is 0 Å². The zero-order valence-corrected chi connectivity index (χ0v) is 10.3. The van der Waals surface area contributed by atoms with E-state index in [0.717, 1.165) is 12.0 Å². The Hall–Kier alpha value is -0.870. The minimum Gasteiger partial charge on any atom is -0.394 e. The summed E-state index contributed by atoms with van der Waals surface area (Å²) in [6, 6.07) is 0.0792. The Morgan fingerprint density at radius 3 is 2.88 bits per heavy atom. The molecule has 0 aromatic carbocycles. The molecule has 1 aliphatic rings. The SMILES string of the molecule is CC/C=C(/C)C(=O)N1CC(CO)OCC1C. The number of carbonyl (C=O) groups is 1. The third-order valence-electron chi connectivity index (χ3n) is 2.82. The number of hydrogen-bond donors (Lipinski definition) is 1. The molecule has 2 atom stereocenters. The topological polar surface area (TPSA) is 49.8 Å². The highest BCUT2D eigenvalue weighted by molar-refractivity contribution is 5.93. The number of carbonyl (C=O) groups excluding carboxylic acids is 1. The van der Waals surface area contributed by atoms with Crippen molar-refractivity contribution in [2.75, 3.05) is 19.8 Å². The standard InChI is InChI=1S/C12H21NO3/c1-4-5-9(2)12(15)13-6-11(7-14)16-8-10(13)3/h5,10-11,14H,4,6-8H2,1-3H3/b9-5-. The third-order valence-corrected chi connectivity index (χ3v) is 2.82. The average Bonchev–Trinajstić information content (AvgIpc) is 2.29. The predicted octanol–water partition coefficient (Wildman–Crippen LogP) is 0.951. The molecule has 0 aromatic rings. The van der Waals surface area contributed by atoms with Crippen LogP contribution in [0.25, 0.3) is 0 Å². The molecule has 0 bridgehead atoms. The van der Waals surface area contributed by atoms with Crippen LogP contribution in [0.3, 0.4) is 0 Å². The van der Waals surface area contributed by atoms with E-state index in [1.165, 1.54) is 0 Å². The fourth-order valence-electron chi connectivity index (χ4n) is 1.83. The zero-order valence-electron chi connectivity index (χ0n) is 10.3. The summed E-state index contributed by atoms with van der Waals surface area (Å²) in [5.41, 5.74) is 0.771. The minimum absolute atomic E-state index is 0.0347. The van der Waals surface area contributed by atoms with E-state index in [-0.39, 0.29) is 24.7 Å². The van der Waals surface area contributed by atoms with Gasteiger partial charge in [0.25, 0.3) is 0 Å². The number of nitrogens with zero attached hydrogens (tertiary/aromatic N) is 1. The summed E-state index contributed by atoms with van der Waals surface area (Å²) in [6.07, 6.45) is 2.55. The van der Waals surface area contributed by atoms with Crippen molar-refractivity contribution in [3.63, 3.8) is 0 Å². The van der Waals surface area contributed by atoms with E-state index >= 15 is 0 Å². The quantitative estimate of drug-likeness (QED) is 0.730. The van der Waals surface area contributed by atoms with Crippen LogP contribution in [0, 0.1) is 0 Å². The molecule has 4 nitrogen and oxygen atoms in total. The molecule has 1 heterocycles. The number of allylic oxidation sites excluding steroid dienone is 1. The van der Waals surface area contributed by atoms with Crippen LogP contribution < -0.4 is 0 Å². The van der Waals surface area contributed by atoms with E-state index in [2.05, 4.69) is 0 Å². The Morgan fingerprint density at radius 1 is 1.62 bits per heavy atom. The second-order valence-electron chi connectivity index (χ2n) is 4.24. The van der Waals surface area contributed by atoms with E-state index in [9.17, 15) is 4.79 Å². The number of ether oxygens (including phenoxy) is 1. The van der Waals surface area contributed by atoms with E-state index in [4.69, 9.17) is 9.84 Å². The molecule has 0 radical (unpaired) electrons. The molecule has 16 heavy (non-hydrogen) atoms. The monoisotopic (exact) mass is 227 g/mol. The van der Waals surface area contributed by atoms with Gasteiger partial charge in [0.2, 0.25) is 5.91 Å². The maximum absolute atomic E-state index is 12.1. The van der Waals surface area contributed by atoms with Crippen molar-refractivity contribution in [1.82, 2.24) is 4.90 Å². The molecule has 0 aromatic heterocycles. The van der Waals surface area contributed by atoms with E-state index < -0.39 is 0 Å². The highest BCUT2D eigenvalue weighted by Crippen LogP contribution is 2.14. The lowest BCUT2D eigenvalue weighted by atomic mass is 10.1. The van der Waals surface area contributed by atoms with Gasteiger partial charge in [-0.2, -0.15) is 0 Å². The number of hydrogen-bond acceptors (Lipinski definition) is 3. The maximum atomic E-state index is 12.1. The molecule has 1 amide bonds. The van der Waals surface area contributed by atoms with Gasteiger partial charge in [0.05, 0.1) is 25.4 Å². The van der Waals surface area contributed by atoms with Crippen molar-refractivity contribution < 1.29 is 14.6 Å². The molecule has 1 rings (SSSR count). The van der Waals surface area contributed by atoms with Gasteiger partial charge < -0.3 is 14.7 Å². The highest BCUT2D eigenvalue weighted by atomic mass is 16.5. The van der Waals surface area contributed by atoms with Gasteiger partial charge in [-0.1, -0.05) is 13.0 Å². The highest BCUT2D eigenvalue weighted by Gasteiger charge is 2.29. The number of amides is 1. The summed E-state index contributed by atoms with van der Waals surface area (Å²) in [5.74, 6) is 0.0519. The van der Waals surface area contributed by atoms with E-state index in [1.54, 1.807) is 4.90 Å². The van der Waals surface area contributed by atoms with Crippen LogP contribution >= 0.6 is 0 Å². The molecule has 1 aliphatic heterocycles. The Bertz CT molecular complexity index is 275. The van der Waals surface area contributed by atoms with Crippen molar-refractivity contribution in [3.8, 4) is 0 Å². The number of aliphatic hydroxyl groups is 1. The fourth-order valence-corrected chi connectivity index (χ4v) is 1.83. The Labute approximate surface area is 96.9 Å². The van der Waals surface area contributed by atoms with Crippen molar-refractivity contribution >= 4 is 5.91 Å². The minimum atomic E-state index is -0.241. The Balaban J connectivity index is 2.69. The molecule has 1 N–H and O–H groups in total. The summed E-state index contributed by atoms with van der Waals surface area (Å²) in [7, 11) is 0. The largest absolute Gasteiger partial charge is 0.394 e. The molecule has 1 fully saturated rings. The van der Waals surface area contributed by atoms with Gasteiger partial charge in [-0.15, -0.1) is 0 Å².